The highest BCUT2D eigenvalue weighted by atomic mass is 79.9. The Morgan fingerprint density at radius 1 is 1.16 bits per heavy atom. The molecule has 106 valence electrons. The maximum Gasteiger partial charge on any atom is 0.0175 e. The summed E-state index contributed by atoms with van der Waals surface area (Å²) in [6.45, 7) is 6.91. The number of benzene rings is 1. The second-order valence-corrected chi connectivity index (χ2v) is 6.99. The normalized spacial score (nSPS) is 27.4. The van der Waals surface area contributed by atoms with E-state index in [4.69, 9.17) is 0 Å². The first-order valence-corrected chi connectivity index (χ1v) is 8.43. The van der Waals surface area contributed by atoms with Gasteiger partial charge in [-0.05, 0) is 67.8 Å². The molecule has 0 saturated heterocycles. The van der Waals surface area contributed by atoms with Crippen molar-refractivity contribution in [2.24, 2.45) is 17.8 Å². The summed E-state index contributed by atoms with van der Waals surface area (Å²) in [4.78, 5) is 0. The smallest absolute Gasteiger partial charge is 0.0175 e. The van der Waals surface area contributed by atoms with Crippen LogP contribution >= 0.6 is 15.9 Å². The highest BCUT2D eigenvalue weighted by Crippen LogP contribution is 2.35. The van der Waals surface area contributed by atoms with Crippen molar-refractivity contribution in [2.75, 3.05) is 13.1 Å². The molecule has 0 spiro atoms. The molecule has 19 heavy (non-hydrogen) atoms. The van der Waals surface area contributed by atoms with E-state index in [0.29, 0.717) is 0 Å². The highest BCUT2D eigenvalue weighted by Gasteiger charge is 2.28. The topological polar surface area (TPSA) is 12.0 Å². The van der Waals surface area contributed by atoms with Crippen molar-refractivity contribution in [3.8, 4) is 0 Å². The van der Waals surface area contributed by atoms with E-state index in [-0.39, 0.29) is 0 Å². The molecule has 1 aromatic rings. The molecule has 2 rings (SSSR count). The van der Waals surface area contributed by atoms with Gasteiger partial charge in [0.25, 0.3) is 0 Å². The van der Waals surface area contributed by atoms with Crippen LogP contribution in [0.5, 0.6) is 0 Å². The van der Waals surface area contributed by atoms with E-state index in [0.717, 1.165) is 24.3 Å². The standard InChI is InChI=1S/C17H26BrN/c1-3-19-12-15-7-4-13(2)10-16(15)11-14-5-8-17(18)9-6-14/h5-6,8-9,13,15-16,19H,3-4,7,10-12H2,1-2H3. The van der Waals surface area contributed by atoms with Gasteiger partial charge in [0.05, 0.1) is 0 Å². The van der Waals surface area contributed by atoms with Gasteiger partial charge in [0, 0.05) is 4.47 Å². The summed E-state index contributed by atoms with van der Waals surface area (Å²) < 4.78 is 1.18. The summed E-state index contributed by atoms with van der Waals surface area (Å²) in [6, 6.07) is 8.88. The van der Waals surface area contributed by atoms with Gasteiger partial charge in [-0.25, -0.2) is 0 Å². The van der Waals surface area contributed by atoms with E-state index in [1.807, 2.05) is 0 Å². The minimum Gasteiger partial charge on any atom is -0.317 e. The molecular weight excluding hydrogens is 298 g/mol. The van der Waals surface area contributed by atoms with Crippen molar-refractivity contribution in [2.45, 2.75) is 39.5 Å². The van der Waals surface area contributed by atoms with Gasteiger partial charge in [0.2, 0.25) is 0 Å². The third-order valence-corrected chi connectivity index (χ3v) is 5.00. The molecule has 1 fully saturated rings. The van der Waals surface area contributed by atoms with Crippen LogP contribution in [-0.4, -0.2) is 13.1 Å². The predicted octanol–water partition coefficient (Wildman–Crippen LogP) is 4.65. The summed E-state index contributed by atoms with van der Waals surface area (Å²) >= 11 is 3.52. The number of halogens is 1. The van der Waals surface area contributed by atoms with Gasteiger partial charge in [-0.3, -0.25) is 0 Å². The van der Waals surface area contributed by atoms with Gasteiger partial charge in [-0.2, -0.15) is 0 Å². The van der Waals surface area contributed by atoms with Crippen molar-refractivity contribution in [3.05, 3.63) is 34.3 Å². The van der Waals surface area contributed by atoms with Gasteiger partial charge in [0.15, 0.2) is 0 Å². The molecular formula is C17H26BrN. The van der Waals surface area contributed by atoms with E-state index in [2.05, 4.69) is 59.4 Å². The number of hydrogen-bond donors (Lipinski definition) is 1. The molecule has 1 nitrogen and oxygen atoms in total. The SMILES string of the molecule is CCNCC1CCC(C)CC1Cc1ccc(Br)cc1. The molecule has 1 aromatic carbocycles. The molecule has 2 heteroatoms. The summed E-state index contributed by atoms with van der Waals surface area (Å²) in [7, 11) is 0. The number of nitrogens with one attached hydrogen (secondary N) is 1. The van der Waals surface area contributed by atoms with E-state index < -0.39 is 0 Å². The van der Waals surface area contributed by atoms with Crippen molar-refractivity contribution >= 4 is 15.9 Å². The summed E-state index contributed by atoms with van der Waals surface area (Å²) in [5, 5.41) is 3.55. The lowest BCUT2D eigenvalue weighted by molar-refractivity contribution is 0.184. The van der Waals surface area contributed by atoms with Crippen LogP contribution in [0.4, 0.5) is 0 Å². The van der Waals surface area contributed by atoms with E-state index in [1.165, 1.54) is 42.3 Å². The Balaban J connectivity index is 1.98. The molecule has 1 saturated carbocycles. The summed E-state index contributed by atoms with van der Waals surface area (Å²) in [5.74, 6) is 2.61. The molecule has 0 heterocycles. The molecule has 0 amide bonds. The quantitative estimate of drug-likeness (QED) is 0.831. The molecule has 0 aliphatic heterocycles. The van der Waals surface area contributed by atoms with Gasteiger partial charge >= 0.3 is 0 Å². The fraction of sp³-hybridized carbons (Fsp3) is 0.647. The molecule has 1 aliphatic carbocycles. The maximum absolute atomic E-state index is 3.55. The Morgan fingerprint density at radius 2 is 1.89 bits per heavy atom. The Hall–Kier alpha value is -0.340. The van der Waals surface area contributed by atoms with Crippen LogP contribution in [0.2, 0.25) is 0 Å². The third kappa shape index (κ3) is 4.61. The zero-order valence-electron chi connectivity index (χ0n) is 12.2. The first kappa shape index (κ1) is 15.1. The first-order chi connectivity index (χ1) is 9.19. The van der Waals surface area contributed by atoms with Gasteiger partial charge in [0.1, 0.15) is 0 Å². The van der Waals surface area contributed by atoms with Gasteiger partial charge < -0.3 is 5.32 Å². The zero-order chi connectivity index (χ0) is 13.7. The van der Waals surface area contributed by atoms with Crippen LogP contribution < -0.4 is 5.32 Å². The summed E-state index contributed by atoms with van der Waals surface area (Å²) in [5.41, 5.74) is 1.49. The molecule has 1 aliphatic rings. The highest BCUT2D eigenvalue weighted by molar-refractivity contribution is 9.10. The van der Waals surface area contributed by atoms with E-state index in [1.54, 1.807) is 0 Å². The molecule has 1 N–H and O–H groups in total. The molecule has 0 radical (unpaired) electrons. The molecule has 0 bridgehead atoms. The van der Waals surface area contributed by atoms with Crippen LogP contribution in [0, 0.1) is 17.8 Å². The Labute approximate surface area is 126 Å². The van der Waals surface area contributed by atoms with Crippen molar-refractivity contribution in [1.82, 2.24) is 5.32 Å². The second-order valence-electron chi connectivity index (χ2n) is 6.08. The molecule has 3 atom stereocenters. The van der Waals surface area contributed by atoms with Crippen molar-refractivity contribution in [1.29, 1.82) is 0 Å². The minimum atomic E-state index is 0.851. The largest absolute Gasteiger partial charge is 0.317 e. The monoisotopic (exact) mass is 323 g/mol. The van der Waals surface area contributed by atoms with Crippen LogP contribution in [0.15, 0.2) is 28.7 Å². The van der Waals surface area contributed by atoms with Crippen LogP contribution in [0.1, 0.15) is 38.7 Å². The molecule has 0 aromatic heterocycles. The lowest BCUT2D eigenvalue weighted by Crippen LogP contribution is -2.33. The minimum absolute atomic E-state index is 0.851. The zero-order valence-corrected chi connectivity index (χ0v) is 13.7. The van der Waals surface area contributed by atoms with Crippen LogP contribution in [0.25, 0.3) is 0 Å². The summed E-state index contributed by atoms with van der Waals surface area (Å²) in [6.07, 6.45) is 5.45. The lowest BCUT2D eigenvalue weighted by atomic mass is 9.72. The van der Waals surface area contributed by atoms with E-state index >= 15 is 0 Å². The molecule has 3 unspecified atom stereocenters. The fourth-order valence-electron chi connectivity index (χ4n) is 3.33. The van der Waals surface area contributed by atoms with Crippen LogP contribution in [0.3, 0.4) is 0 Å². The first-order valence-electron chi connectivity index (χ1n) is 7.64. The number of hydrogen-bond acceptors (Lipinski definition) is 1. The Kier molecular flexibility index (Phi) is 5.90. The van der Waals surface area contributed by atoms with Gasteiger partial charge in [-0.15, -0.1) is 0 Å². The Bertz CT molecular complexity index is 371. The predicted molar refractivity (Wildman–Crippen MR) is 86.4 cm³/mol. The van der Waals surface area contributed by atoms with Gasteiger partial charge in [-0.1, -0.05) is 48.3 Å². The lowest BCUT2D eigenvalue weighted by Gasteiger charge is -2.35. The van der Waals surface area contributed by atoms with E-state index in [9.17, 15) is 0 Å². The number of rotatable bonds is 5. The Morgan fingerprint density at radius 3 is 2.58 bits per heavy atom. The van der Waals surface area contributed by atoms with Crippen LogP contribution in [-0.2, 0) is 6.42 Å². The fourth-order valence-corrected chi connectivity index (χ4v) is 3.60. The third-order valence-electron chi connectivity index (χ3n) is 4.47. The van der Waals surface area contributed by atoms with Crippen molar-refractivity contribution < 1.29 is 0 Å². The maximum atomic E-state index is 3.55. The second kappa shape index (κ2) is 7.44. The average Bonchev–Trinajstić information content (AvgIpc) is 2.40. The average molecular weight is 324 g/mol. The van der Waals surface area contributed by atoms with Crippen molar-refractivity contribution in [3.63, 3.8) is 0 Å².